The molecule has 0 spiro atoms. The van der Waals surface area contributed by atoms with E-state index in [4.69, 9.17) is 13.7 Å². The molecule has 2 aromatic rings. The molecule has 0 bridgehead atoms. The van der Waals surface area contributed by atoms with Gasteiger partial charge in [-0.15, -0.1) is 0 Å². The molecular weight excluding hydrogens is 324 g/mol. The SMILES string of the molecule is Cc1cc(CN2CCN(C(=O)c3ncoc3C3CCCO3)CC2)no1. The molecule has 2 aliphatic rings. The molecule has 2 aliphatic heterocycles. The molecule has 0 N–H and O–H groups in total. The van der Waals surface area contributed by atoms with Crippen LogP contribution in [0, 0.1) is 6.92 Å². The van der Waals surface area contributed by atoms with Crippen molar-refractivity contribution < 1.29 is 18.5 Å². The summed E-state index contributed by atoms with van der Waals surface area (Å²) in [6.45, 7) is 6.25. The van der Waals surface area contributed by atoms with Gasteiger partial charge in [-0.2, -0.15) is 0 Å². The van der Waals surface area contributed by atoms with E-state index < -0.39 is 0 Å². The van der Waals surface area contributed by atoms with E-state index in [-0.39, 0.29) is 12.0 Å². The number of hydrogen-bond acceptors (Lipinski definition) is 7. The molecule has 1 unspecified atom stereocenters. The Morgan fingerprint density at radius 3 is 2.84 bits per heavy atom. The number of carbonyl (C=O) groups excluding carboxylic acids is 1. The number of carbonyl (C=O) groups is 1. The van der Waals surface area contributed by atoms with Crippen LogP contribution in [0.3, 0.4) is 0 Å². The van der Waals surface area contributed by atoms with Gasteiger partial charge in [0.1, 0.15) is 11.9 Å². The standard InChI is InChI=1S/C17H22N4O4/c1-12-9-13(19-25-12)10-20-4-6-21(7-5-20)17(22)15-16(24-11-18-15)14-3-2-8-23-14/h9,11,14H,2-8,10H2,1H3. The maximum atomic E-state index is 12.8. The van der Waals surface area contributed by atoms with Crippen LogP contribution in [0.4, 0.5) is 0 Å². The summed E-state index contributed by atoms with van der Waals surface area (Å²) >= 11 is 0. The van der Waals surface area contributed by atoms with E-state index in [1.165, 1.54) is 6.39 Å². The van der Waals surface area contributed by atoms with Crippen LogP contribution in [0.1, 0.15) is 46.6 Å². The summed E-state index contributed by atoms with van der Waals surface area (Å²) in [6, 6.07) is 1.95. The van der Waals surface area contributed by atoms with Crippen molar-refractivity contribution in [3.63, 3.8) is 0 Å². The maximum Gasteiger partial charge on any atom is 0.276 e. The van der Waals surface area contributed by atoms with E-state index >= 15 is 0 Å². The van der Waals surface area contributed by atoms with Crippen LogP contribution >= 0.6 is 0 Å². The van der Waals surface area contributed by atoms with E-state index in [1.54, 1.807) is 0 Å². The van der Waals surface area contributed by atoms with Crippen LogP contribution in [-0.4, -0.2) is 58.6 Å². The fourth-order valence-corrected chi connectivity index (χ4v) is 3.41. The minimum absolute atomic E-state index is 0.0730. The fourth-order valence-electron chi connectivity index (χ4n) is 3.41. The zero-order valence-corrected chi connectivity index (χ0v) is 14.3. The molecule has 25 heavy (non-hydrogen) atoms. The first-order valence-electron chi connectivity index (χ1n) is 8.69. The minimum atomic E-state index is -0.141. The highest BCUT2D eigenvalue weighted by Gasteiger charge is 2.31. The average molecular weight is 346 g/mol. The Morgan fingerprint density at radius 2 is 2.16 bits per heavy atom. The summed E-state index contributed by atoms with van der Waals surface area (Å²) in [6.07, 6.45) is 3.06. The van der Waals surface area contributed by atoms with Crippen LogP contribution in [-0.2, 0) is 11.3 Å². The van der Waals surface area contributed by atoms with Gasteiger partial charge in [0, 0.05) is 45.4 Å². The van der Waals surface area contributed by atoms with Crippen LogP contribution in [0.5, 0.6) is 0 Å². The highest BCUT2D eigenvalue weighted by atomic mass is 16.5. The Labute approximate surface area is 145 Å². The second kappa shape index (κ2) is 6.97. The van der Waals surface area contributed by atoms with Gasteiger partial charge < -0.3 is 18.6 Å². The number of aromatic nitrogens is 2. The van der Waals surface area contributed by atoms with Crippen molar-refractivity contribution in [2.45, 2.75) is 32.4 Å². The van der Waals surface area contributed by atoms with Gasteiger partial charge in [-0.05, 0) is 19.8 Å². The molecule has 4 rings (SSSR count). The third-order valence-electron chi connectivity index (χ3n) is 4.74. The zero-order valence-electron chi connectivity index (χ0n) is 14.3. The van der Waals surface area contributed by atoms with Crippen molar-refractivity contribution >= 4 is 5.91 Å². The highest BCUT2D eigenvalue weighted by Crippen LogP contribution is 2.31. The number of aryl methyl sites for hydroxylation is 1. The number of nitrogens with zero attached hydrogens (tertiary/aromatic N) is 4. The third kappa shape index (κ3) is 3.45. The van der Waals surface area contributed by atoms with E-state index in [9.17, 15) is 4.79 Å². The molecule has 0 saturated carbocycles. The first kappa shape index (κ1) is 16.3. The predicted molar refractivity (Wildman–Crippen MR) is 86.9 cm³/mol. The Balaban J connectivity index is 1.36. The van der Waals surface area contributed by atoms with Crippen molar-refractivity contribution in [2.75, 3.05) is 32.8 Å². The summed E-state index contributed by atoms with van der Waals surface area (Å²) < 4.78 is 16.2. The van der Waals surface area contributed by atoms with E-state index in [2.05, 4.69) is 15.0 Å². The van der Waals surface area contributed by atoms with Gasteiger partial charge in [0.25, 0.3) is 5.91 Å². The number of hydrogen-bond donors (Lipinski definition) is 0. The number of amides is 1. The Kier molecular flexibility index (Phi) is 4.54. The molecule has 4 heterocycles. The number of ether oxygens (including phenoxy) is 1. The second-order valence-corrected chi connectivity index (χ2v) is 6.56. The molecule has 2 saturated heterocycles. The maximum absolute atomic E-state index is 12.8. The lowest BCUT2D eigenvalue weighted by Gasteiger charge is -2.34. The smallest absolute Gasteiger partial charge is 0.276 e. The Bertz CT molecular complexity index is 727. The van der Waals surface area contributed by atoms with Gasteiger partial charge in [-0.25, -0.2) is 4.98 Å². The summed E-state index contributed by atoms with van der Waals surface area (Å²) in [4.78, 5) is 21.1. The van der Waals surface area contributed by atoms with Crippen molar-refractivity contribution in [1.82, 2.24) is 19.9 Å². The van der Waals surface area contributed by atoms with Gasteiger partial charge in [0.2, 0.25) is 0 Å². The molecule has 0 radical (unpaired) electrons. The van der Waals surface area contributed by atoms with Crippen LogP contribution in [0.2, 0.25) is 0 Å². The molecule has 134 valence electrons. The minimum Gasteiger partial charge on any atom is -0.445 e. The van der Waals surface area contributed by atoms with Gasteiger partial charge in [0.15, 0.2) is 17.8 Å². The fraction of sp³-hybridized carbons (Fsp3) is 0.588. The van der Waals surface area contributed by atoms with Crippen molar-refractivity contribution in [3.05, 3.63) is 35.4 Å². The monoisotopic (exact) mass is 346 g/mol. The van der Waals surface area contributed by atoms with E-state index in [1.807, 2.05) is 17.9 Å². The lowest BCUT2D eigenvalue weighted by molar-refractivity contribution is 0.0597. The average Bonchev–Trinajstić information content (AvgIpc) is 3.36. The molecule has 1 atom stereocenters. The van der Waals surface area contributed by atoms with E-state index in [0.29, 0.717) is 31.2 Å². The predicted octanol–water partition coefficient (Wildman–Crippen LogP) is 1.78. The molecule has 1 amide bonds. The molecule has 8 heteroatoms. The molecular formula is C17H22N4O4. The Morgan fingerprint density at radius 1 is 1.32 bits per heavy atom. The Hall–Kier alpha value is -2.19. The second-order valence-electron chi connectivity index (χ2n) is 6.56. The number of piperazine rings is 1. The first-order chi connectivity index (χ1) is 12.2. The van der Waals surface area contributed by atoms with Crippen molar-refractivity contribution in [1.29, 1.82) is 0 Å². The number of oxazole rings is 1. The molecule has 2 fully saturated rings. The summed E-state index contributed by atoms with van der Waals surface area (Å²) in [5, 5.41) is 4.03. The van der Waals surface area contributed by atoms with Gasteiger partial charge in [-0.3, -0.25) is 9.69 Å². The first-order valence-corrected chi connectivity index (χ1v) is 8.69. The summed E-state index contributed by atoms with van der Waals surface area (Å²) in [7, 11) is 0. The molecule has 0 aliphatic carbocycles. The van der Waals surface area contributed by atoms with E-state index in [0.717, 1.165) is 43.9 Å². The number of rotatable bonds is 4. The van der Waals surface area contributed by atoms with Crippen LogP contribution in [0.25, 0.3) is 0 Å². The zero-order chi connectivity index (χ0) is 17.2. The lowest BCUT2D eigenvalue weighted by atomic mass is 10.1. The third-order valence-corrected chi connectivity index (χ3v) is 4.74. The van der Waals surface area contributed by atoms with Gasteiger partial charge in [0.05, 0.1) is 5.69 Å². The largest absolute Gasteiger partial charge is 0.445 e. The van der Waals surface area contributed by atoms with Gasteiger partial charge >= 0.3 is 0 Å². The highest BCUT2D eigenvalue weighted by molar-refractivity contribution is 5.93. The molecule has 8 nitrogen and oxygen atoms in total. The molecule has 2 aromatic heterocycles. The lowest BCUT2D eigenvalue weighted by Crippen LogP contribution is -2.48. The van der Waals surface area contributed by atoms with Crippen LogP contribution < -0.4 is 0 Å². The van der Waals surface area contributed by atoms with Gasteiger partial charge in [-0.1, -0.05) is 5.16 Å². The van der Waals surface area contributed by atoms with Crippen LogP contribution in [0.15, 0.2) is 21.4 Å². The van der Waals surface area contributed by atoms with Crippen molar-refractivity contribution in [3.8, 4) is 0 Å². The summed E-state index contributed by atoms with van der Waals surface area (Å²) in [5.41, 5.74) is 1.32. The molecule has 0 aromatic carbocycles. The topological polar surface area (TPSA) is 84.8 Å². The normalized spacial score (nSPS) is 21.8. The summed E-state index contributed by atoms with van der Waals surface area (Å²) in [5.74, 6) is 1.32. The van der Waals surface area contributed by atoms with Crippen molar-refractivity contribution in [2.24, 2.45) is 0 Å². The quantitative estimate of drug-likeness (QED) is 0.834.